The molecule has 10 nitrogen and oxygen atoms in total. The van der Waals surface area contributed by atoms with Crippen LogP contribution >= 0.6 is 11.6 Å². The third-order valence-corrected chi connectivity index (χ3v) is 9.16. The second-order valence-electron chi connectivity index (χ2n) is 12.3. The Morgan fingerprint density at radius 1 is 1.07 bits per heavy atom. The molecule has 2 aromatic heterocycles. The van der Waals surface area contributed by atoms with Crippen LogP contribution in [0.2, 0.25) is 5.02 Å². The Labute approximate surface area is 274 Å². The van der Waals surface area contributed by atoms with Gasteiger partial charge in [0.15, 0.2) is 5.82 Å². The molecule has 3 heterocycles. The fourth-order valence-electron chi connectivity index (χ4n) is 5.37. The first-order valence-corrected chi connectivity index (χ1v) is 17.1. The lowest BCUT2D eigenvalue weighted by molar-refractivity contribution is 0.0159. The molecule has 0 spiro atoms. The van der Waals surface area contributed by atoms with Gasteiger partial charge in [0.2, 0.25) is 10.0 Å². The highest BCUT2D eigenvalue weighted by Gasteiger charge is 2.31. The van der Waals surface area contributed by atoms with Gasteiger partial charge in [-0.15, -0.1) is 0 Å². The summed E-state index contributed by atoms with van der Waals surface area (Å²) in [5.41, 5.74) is 2.65. The average Bonchev–Trinajstić information content (AvgIpc) is 3.43. The van der Waals surface area contributed by atoms with Gasteiger partial charge in [0.05, 0.1) is 17.1 Å². The quantitative estimate of drug-likeness (QED) is 0.216. The molecule has 1 atom stereocenters. The van der Waals surface area contributed by atoms with Crippen molar-refractivity contribution in [1.82, 2.24) is 19.7 Å². The Morgan fingerprint density at radius 2 is 1.74 bits per heavy atom. The van der Waals surface area contributed by atoms with Gasteiger partial charge in [0.1, 0.15) is 11.3 Å². The Bertz CT molecular complexity index is 1810. The van der Waals surface area contributed by atoms with E-state index in [4.69, 9.17) is 21.4 Å². The average molecular weight is 669 g/mol. The third kappa shape index (κ3) is 7.61. The van der Waals surface area contributed by atoms with Gasteiger partial charge in [-0.1, -0.05) is 18.5 Å². The number of piperazine rings is 1. The highest BCUT2D eigenvalue weighted by molar-refractivity contribution is 7.92. The Balaban J connectivity index is 1.45. The summed E-state index contributed by atoms with van der Waals surface area (Å²) in [6.07, 6.45) is 5.01. The number of nitrogens with one attached hydrogen (secondary N) is 1. The van der Waals surface area contributed by atoms with Crippen LogP contribution in [0.25, 0.3) is 28.1 Å². The molecule has 244 valence electrons. The third-order valence-electron chi connectivity index (χ3n) is 7.47. The normalized spacial score (nSPS) is 15.6. The van der Waals surface area contributed by atoms with Gasteiger partial charge >= 0.3 is 6.09 Å². The summed E-state index contributed by atoms with van der Waals surface area (Å²) >= 11 is 6.38. The minimum Gasteiger partial charge on any atom is -0.444 e. The molecule has 1 aliphatic heterocycles. The van der Waals surface area contributed by atoms with E-state index in [1.165, 1.54) is 12.1 Å². The number of pyridine rings is 1. The first kappa shape index (κ1) is 33.2. The topological polar surface area (TPSA) is 110 Å². The molecule has 0 saturated carbocycles. The summed E-state index contributed by atoms with van der Waals surface area (Å²) < 4.78 is 50.5. The van der Waals surface area contributed by atoms with E-state index in [0.29, 0.717) is 42.9 Å². The lowest BCUT2D eigenvalue weighted by atomic mass is 10.0. The molecule has 2 aromatic carbocycles. The van der Waals surface area contributed by atoms with Crippen molar-refractivity contribution in [2.75, 3.05) is 35.0 Å². The molecule has 1 amide bonds. The van der Waals surface area contributed by atoms with Crippen LogP contribution in [0, 0.1) is 5.82 Å². The van der Waals surface area contributed by atoms with Crippen molar-refractivity contribution >= 4 is 39.1 Å². The predicted molar refractivity (Wildman–Crippen MR) is 180 cm³/mol. The number of sulfonamides is 1. The number of carbonyl (C=O) groups excluding carboxylic acids is 1. The number of halogens is 2. The van der Waals surface area contributed by atoms with Gasteiger partial charge in [-0.25, -0.2) is 22.3 Å². The Hall–Kier alpha value is -4.16. The molecule has 13 heteroatoms. The lowest BCUT2D eigenvalue weighted by Gasteiger charge is -2.41. The summed E-state index contributed by atoms with van der Waals surface area (Å²) in [5, 5.41) is 4.98. The van der Waals surface area contributed by atoms with Crippen LogP contribution in [-0.4, -0.2) is 71.2 Å². The number of anilines is 2. The van der Waals surface area contributed by atoms with Crippen molar-refractivity contribution in [2.24, 2.45) is 0 Å². The number of amides is 1. The van der Waals surface area contributed by atoms with Crippen molar-refractivity contribution in [3.63, 3.8) is 0 Å². The SMILES string of the molecule is CCCS(=O)(=O)Nc1cc(Cl)cc(-c2cn(-c3ccc(N4CCN(C(=O)OC(C)(C)C)[C@@H](C)C4)cc3)nc2-c2ccncc2)c1F. The van der Waals surface area contributed by atoms with Gasteiger partial charge in [-0.05, 0) is 82.6 Å². The summed E-state index contributed by atoms with van der Waals surface area (Å²) in [6, 6.07) is 14.0. The zero-order chi connectivity index (χ0) is 33.2. The van der Waals surface area contributed by atoms with E-state index >= 15 is 4.39 Å². The molecule has 1 aliphatic rings. The van der Waals surface area contributed by atoms with Crippen LogP contribution in [0.5, 0.6) is 0 Å². The van der Waals surface area contributed by atoms with Crippen LogP contribution in [0.3, 0.4) is 0 Å². The van der Waals surface area contributed by atoms with Crippen molar-refractivity contribution in [2.45, 2.75) is 52.7 Å². The summed E-state index contributed by atoms with van der Waals surface area (Å²) in [6.45, 7) is 11.1. The number of rotatable bonds is 8. The number of hydrogen-bond donors (Lipinski definition) is 1. The maximum atomic E-state index is 16.0. The second-order valence-corrected chi connectivity index (χ2v) is 14.6. The monoisotopic (exact) mass is 668 g/mol. The summed E-state index contributed by atoms with van der Waals surface area (Å²) in [7, 11) is -3.76. The minimum atomic E-state index is -3.76. The summed E-state index contributed by atoms with van der Waals surface area (Å²) in [5.74, 6) is -0.906. The molecular formula is C33H38ClFN6O4S. The molecule has 0 unspecified atom stereocenters. The van der Waals surface area contributed by atoms with Crippen LogP contribution < -0.4 is 9.62 Å². The molecule has 0 aliphatic carbocycles. The lowest BCUT2D eigenvalue weighted by Crippen LogP contribution is -2.55. The number of carbonyl (C=O) groups is 1. The Kier molecular flexibility index (Phi) is 9.59. The van der Waals surface area contributed by atoms with Crippen LogP contribution in [0.1, 0.15) is 41.0 Å². The first-order chi connectivity index (χ1) is 21.7. The molecule has 0 radical (unpaired) electrons. The number of benzene rings is 2. The molecule has 46 heavy (non-hydrogen) atoms. The highest BCUT2D eigenvalue weighted by Crippen LogP contribution is 2.38. The first-order valence-electron chi connectivity index (χ1n) is 15.1. The number of nitrogens with zero attached hydrogens (tertiary/aromatic N) is 5. The van der Waals surface area contributed by atoms with Gasteiger partial charge in [-0.2, -0.15) is 5.10 Å². The Morgan fingerprint density at radius 3 is 2.37 bits per heavy atom. The van der Waals surface area contributed by atoms with E-state index in [1.807, 2.05) is 52.0 Å². The number of aromatic nitrogens is 3. The van der Waals surface area contributed by atoms with Gasteiger partial charge in [0.25, 0.3) is 0 Å². The molecule has 4 aromatic rings. The largest absolute Gasteiger partial charge is 0.444 e. The van der Waals surface area contributed by atoms with Gasteiger partial charge < -0.3 is 14.5 Å². The second kappa shape index (κ2) is 13.3. The van der Waals surface area contributed by atoms with E-state index in [0.717, 1.165) is 11.4 Å². The van der Waals surface area contributed by atoms with Crippen molar-refractivity contribution in [3.05, 3.63) is 78.0 Å². The van der Waals surface area contributed by atoms with E-state index in [9.17, 15) is 13.2 Å². The number of hydrogen-bond acceptors (Lipinski definition) is 7. The maximum absolute atomic E-state index is 16.0. The molecular weight excluding hydrogens is 631 g/mol. The zero-order valence-electron chi connectivity index (χ0n) is 26.5. The van der Waals surface area contributed by atoms with Crippen LogP contribution in [0.4, 0.5) is 20.6 Å². The van der Waals surface area contributed by atoms with Gasteiger partial charge in [-0.3, -0.25) is 9.71 Å². The molecule has 5 rings (SSSR count). The predicted octanol–water partition coefficient (Wildman–Crippen LogP) is 6.99. The van der Waals surface area contributed by atoms with Crippen molar-refractivity contribution < 1.29 is 22.3 Å². The van der Waals surface area contributed by atoms with E-state index in [-0.39, 0.29) is 34.2 Å². The molecule has 1 saturated heterocycles. The fraction of sp³-hybridized carbons (Fsp3) is 0.364. The van der Waals surface area contributed by atoms with Crippen molar-refractivity contribution in [1.29, 1.82) is 0 Å². The maximum Gasteiger partial charge on any atom is 0.410 e. The van der Waals surface area contributed by atoms with Gasteiger partial charge in [0, 0.05) is 71.7 Å². The summed E-state index contributed by atoms with van der Waals surface area (Å²) in [4.78, 5) is 20.7. The van der Waals surface area contributed by atoms with Crippen LogP contribution in [0.15, 0.2) is 67.1 Å². The molecule has 1 fully saturated rings. The zero-order valence-corrected chi connectivity index (χ0v) is 28.1. The van der Waals surface area contributed by atoms with E-state index < -0.39 is 21.4 Å². The molecule has 1 N–H and O–H groups in total. The highest BCUT2D eigenvalue weighted by atomic mass is 35.5. The standard InChI is InChI=1S/C33H38ClFN6O4S/c1-6-17-46(43,44)38-29-19-24(34)18-27(30(29)35)28-21-41(37-31(28)23-11-13-36-14-12-23)26-9-7-25(8-10-26)39-15-16-40(22(2)20-39)32(42)45-33(3,4)5/h7-14,18-19,21-22,38H,6,15-17,20H2,1-5H3/t22-/m0/s1. The van der Waals surface area contributed by atoms with E-state index in [1.54, 1.807) is 47.2 Å². The number of ether oxygens (including phenoxy) is 1. The molecule has 0 bridgehead atoms. The minimum absolute atomic E-state index is 0.0381. The van der Waals surface area contributed by atoms with E-state index in [2.05, 4.69) is 14.6 Å². The van der Waals surface area contributed by atoms with Crippen molar-refractivity contribution in [3.8, 4) is 28.1 Å². The fourth-order valence-corrected chi connectivity index (χ4v) is 6.71. The smallest absolute Gasteiger partial charge is 0.410 e. The van der Waals surface area contributed by atoms with Crippen LogP contribution in [-0.2, 0) is 14.8 Å².